The van der Waals surface area contributed by atoms with Gasteiger partial charge in [0.15, 0.2) is 17.0 Å². The van der Waals surface area contributed by atoms with E-state index < -0.39 is 0 Å². The highest BCUT2D eigenvalue weighted by Gasteiger charge is 2.26. The molecule has 0 atom stereocenters. The first kappa shape index (κ1) is 35.1. The quantitative estimate of drug-likeness (QED) is 0.0790. The number of aryl methyl sites for hydroxylation is 1. The van der Waals surface area contributed by atoms with Crippen molar-refractivity contribution in [1.82, 2.24) is 60.3 Å². The van der Waals surface area contributed by atoms with E-state index in [0.717, 1.165) is 33.6 Å². The van der Waals surface area contributed by atoms with Crippen LogP contribution in [-0.2, 0) is 7.05 Å². The third kappa shape index (κ3) is 6.22. The molecule has 3 aromatic carbocycles. The molecular formula is C42H34N14O3. The summed E-state index contributed by atoms with van der Waals surface area (Å²) in [6.45, 7) is 2.44. The van der Waals surface area contributed by atoms with Crippen molar-refractivity contribution >= 4 is 45.1 Å². The lowest BCUT2D eigenvalue weighted by molar-refractivity contribution is 0.342. The molecule has 10 rings (SSSR count). The predicted octanol–water partition coefficient (Wildman–Crippen LogP) is 8.30. The molecule has 0 fully saturated rings. The number of furan rings is 1. The Morgan fingerprint density at radius 2 is 1.46 bits per heavy atom. The number of hydrogen-bond acceptors (Lipinski definition) is 13. The number of fused-ring (bicyclic) bond motifs is 2. The van der Waals surface area contributed by atoms with Crippen molar-refractivity contribution in [3.8, 4) is 67.7 Å². The molecule has 0 spiro atoms. The highest BCUT2D eigenvalue weighted by molar-refractivity contribution is 6.04. The van der Waals surface area contributed by atoms with Crippen molar-refractivity contribution in [2.45, 2.75) is 6.92 Å². The summed E-state index contributed by atoms with van der Waals surface area (Å²) >= 11 is 0. The molecular weight excluding hydrogens is 749 g/mol. The molecule has 59 heavy (non-hydrogen) atoms. The largest absolute Gasteiger partial charge is 0.494 e. The molecule has 7 aromatic heterocycles. The van der Waals surface area contributed by atoms with Crippen LogP contribution in [-0.4, -0.2) is 74.0 Å². The van der Waals surface area contributed by atoms with E-state index in [9.17, 15) is 0 Å². The van der Waals surface area contributed by atoms with Gasteiger partial charge in [-0.1, -0.05) is 36.4 Å². The van der Waals surface area contributed by atoms with Crippen LogP contribution in [0, 0.1) is 0 Å². The van der Waals surface area contributed by atoms with E-state index >= 15 is 0 Å². The smallest absolute Gasteiger partial charge is 0.161 e. The molecule has 290 valence electrons. The highest BCUT2D eigenvalue weighted by Crippen LogP contribution is 2.46. The van der Waals surface area contributed by atoms with Crippen LogP contribution in [0.5, 0.6) is 11.5 Å². The van der Waals surface area contributed by atoms with Crippen molar-refractivity contribution in [3.05, 3.63) is 110 Å². The Balaban J connectivity index is 1.10. The lowest BCUT2D eigenvalue weighted by Crippen LogP contribution is -2.02. The van der Waals surface area contributed by atoms with Gasteiger partial charge in [0.05, 0.1) is 54.1 Å². The number of aromatic amines is 3. The standard InChI is InChI=1S/C42H34N14O3/c1-4-59-32-11-10-24(23-8-6-5-7-9-23)17-29(32)49-39-33-36(52-54-41(33)45-21-43-39)28-19-47-51-35(28)27-16-26(25-13-15-58-20-25)18-30(38(27)57-3)50-40-34-37(31-12-14-48-56(31)2)53-55-42(34)46-22-44-40/h5-22H,4H2,1-3H3,(H,47,51)(H2,43,45,49,52,54)(H2,44,46,50,53,55). The molecule has 0 saturated carbocycles. The highest BCUT2D eigenvalue weighted by atomic mass is 16.5. The van der Waals surface area contributed by atoms with E-state index in [4.69, 9.17) is 29.1 Å². The zero-order valence-corrected chi connectivity index (χ0v) is 31.8. The molecule has 0 radical (unpaired) electrons. The molecule has 0 saturated heterocycles. The normalized spacial score (nSPS) is 11.4. The number of hydrogen-bond donors (Lipinski definition) is 5. The van der Waals surface area contributed by atoms with Crippen molar-refractivity contribution in [1.29, 1.82) is 0 Å². The first-order chi connectivity index (χ1) is 29.1. The van der Waals surface area contributed by atoms with Gasteiger partial charge in [0.1, 0.15) is 47.1 Å². The number of nitrogens with zero attached hydrogens (tertiary/aromatic N) is 9. The Kier molecular flexibility index (Phi) is 8.70. The van der Waals surface area contributed by atoms with Crippen molar-refractivity contribution in [3.63, 3.8) is 0 Å². The number of H-pyrrole nitrogens is 3. The molecule has 5 N–H and O–H groups in total. The van der Waals surface area contributed by atoms with Crippen LogP contribution in [0.2, 0.25) is 0 Å². The van der Waals surface area contributed by atoms with Crippen LogP contribution >= 0.6 is 0 Å². The number of methoxy groups -OCH3 is 1. The van der Waals surface area contributed by atoms with Gasteiger partial charge in [-0.2, -0.15) is 20.4 Å². The second-order valence-corrected chi connectivity index (χ2v) is 13.4. The average Bonchev–Trinajstić information content (AvgIpc) is 4.12. The number of nitrogens with one attached hydrogen (secondary N) is 5. The van der Waals surface area contributed by atoms with Gasteiger partial charge in [-0.3, -0.25) is 20.0 Å². The Morgan fingerprint density at radius 1 is 0.712 bits per heavy atom. The van der Waals surface area contributed by atoms with Crippen LogP contribution in [0.1, 0.15) is 6.92 Å². The van der Waals surface area contributed by atoms with Crippen molar-refractivity contribution in [2.75, 3.05) is 24.4 Å². The summed E-state index contributed by atoms with van der Waals surface area (Å²) < 4.78 is 19.5. The Bertz CT molecular complexity index is 3090. The van der Waals surface area contributed by atoms with Crippen LogP contribution in [0.15, 0.2) is 115 Å². The molecule has 0 bridgehead atoms. The molecule has 10 aromatic rings. The van der Waals surface area contributed by atoms with Gasteiger partial charge >= 0.3 is 0 Å². The number of ether oxygens (including phenoxy) is 2. The van der Waals surface area contributed by atoms with E-state index in [-0.39, 0.29) is 0 Å². The maximum atomic E-state index is 6.21. The predicted molar refractivity (Wildman–Crippen MR) is 222 cm³/mol. The minimum absolute atomic E-state index is 0.486. The van der Waals surface area contributed by atoms with Gasteiger partial charge in [0, 0.05) is 36.1 Å². The molecule has 7 heterocycles. The van der Waals surface area contributed by atoms with Gasteiger partial charge in [-0.25, -0.2) is 19.9 Å². The average molecular weight is 783 g/mol. The second-order valence-electron chi connectivity index (χ2n) is 13.4. The molecule has 17 nitrogen and oxygen atoms in total. The summed E-state index contributed by atoms with van der Waals surface area (Å²) in [6, 6.07) is 23.9. The maximum absolute atomic E-state index is 6.21. The monoisotopic (exact) mass is 782 g/mol. The number of rotatable bonds is 12. The van der Waals surface area contributed by atoms with Gasteiger partial charge < -0.3 is 24.5 Å². The Morgan fingerprint density at radius 3 is 2.17 bits per heavy atom. The molecule has 17 heteroatoms. The maximum Gasteiger partial charge on any atom is 0.161 e. The first-order valence-electron chi connectivity index (χ1n) is 18.6. The summed E-state index contributed by atoms with van der Waals surface area (Å²) in [4.78, 5) is 18.3. The van der Waals surface area contributed by atoms with E-state index in [0.29, 0.717) is 85.7 Å². The minimum Gasteiger partial charge on any atom is -0.494 e. The zero-order chi connectivity index (χ0) is 39.9. The zero-order valence-electron chi connectivity index (χ0n) is 31.8. The van der Waals surface area contributed by atoms with E-state index in [1.165, 1.54) is 12.7 Å². The number of aromatic nitrogens is 12. The minimum atomic E-state index is 0.486. The Labute approximate surface area is 334 Å². The van der Waals surface area contributed by atoms with E-state index in [1.807, 2.05) is 74.6 Å². The fourth-order valence-corrected chi connectivity index (χ4v) is 7.26. The number of anilines is 4. The van der Waals surface area contributed by atoms with Gasteiger partial charge in [-0.15, -0.1) is 0 Å². The van der Waals surface area contributed by atoms with E-state index in [1.54, 1.807) is 36.7 Å². The van der Waals surface area contributed by atoms with Crippen LogP contribution in [0.4, 0.5) is 23.0 Å². The summed E-state index contributed by atoms with van der Waals surface area (Å²) in [7, 11) is 3.47. The summed E-state index contributed by atoms with van der Waals surface area (Å²) in [5.74, 6) is 2.20. The molecule has 0 aliphatic carbocycles. The summed E-state index contributed by atoms with van der Waals surface area (Å²) in [5, 5.41) is 36.1. The third-order valence-corrected chi connectivity index (χ3v) is 9.97. The van der Waals surface area contributed by atoms with Gasteiger partial charge in [0.2, 0.25) is 0 Å². The Hall–Kier alpha value is -8.34. The van der Waals surface area contributed by atoms with Crippen molar-refractivity contribution in [2.24, 2.45) is 7.05 Å². The van der Waals surface area contributed by atoms with Crippen LogP contribution in [0.3, 0.4) is 0 Å². The third-order valence-electron chi connectivity index (χ3n) is 9.97. The van der Waals surface area contributed by atoms with Crippen molar-refractivity contribution < 1.29 is 13.9 Å². The fraction of sp³-hybridized carbons (Fsp3) is 0.0952. The number of benzene rings is 3. The van der Waals surface area contributed by atoms with Gasteiger partial charge in [0.25, 0.3) is 0 Å². The van der Waals surface area contributed by atoms with Crippen LogP contribution < -0.4 is 20.1 Å². The first-order valence-corrected chi connectivity index (χ1v) is 18.6. The van der Waals surface area contributed by atoms with Gasteiger partial charge in [-0.05, 0) is 60.0 Å². The molecule has 0 amide bonds. The second kappa shape index (κ2) is 14.6. The molecule has 0 aliphatic rings. The summed E-state index contributed by atoms with van der Waals surface area (Å²) in [6.07, 6.45) is 9.78. The SMILES string of the molecule is CCOc1ccc(-c2ccccc2)cc1Nc1ncnc2[nH]nc(-c3c[nH]nc3-c3cc(-c4ccoc4)cc(Nc4ncnc5[nH]nc(-c6ccnn6C)c45)c3OC)c12. The molecule has 0 unspecified atom stereocenters. The van der Waals surface area contributed by atoms with Crippen LogP contribution in [0.25, 0.3) is 78.2 Å². The molecule has 0 aliphatic heterocycles. The summed E-state index contributed by atoms with van der Waals surface area (Å²) in [5.41, 5.74) is 10.1. The lowest BCUT2D eigenvalue weighted by Gasteiger charge is -2.17. The van der Waals surface area contributed by atoms with E-state index in [2.05, 4.69) is 63.2 Å². The fourth-order valence-electron chi connectivity index (χ4n) is 7.26. The lowest BCUT2D eigenvalue weighted by atomic mass is 9.98. The topological polar surface area (TPSA) is 211 Å².